The van der Waals surface area contributed by atoms with Gasteiger partial charge in [-0.3, -0.25) is 0 Å². The van der Waals surface area contributed by atoms with Crippen molar-refractivity contribution >= 4 is 33.5 Å². The minimum atomic E-state index is 0.315. The van der Waals surface area contributed by atoms with Gasteiger partial charge >= 0.3 is 155 Å². The zero-order valence-electron chi connectivity index (χ0n) is 13.3. The number of aryl methyl sites for hydroxylation is 2. The van der Waals surface area contributed by atoms with Crippen molar-refractivity contribution in [3.63, 3.8) is 0 Å². The summed E-state index contributed by atoms with van der Waals surface area (Å²) in [7, 11) is 0. The fraction of sp³-hybridized carbons (Fsp3) is 0.333. The van der Waals surface area contributed by atoms with Gasteiger partial charge in [0.2, 0.25) is 0 Å². The minimum absolute atomic E-state index is 0.315. The fourth-order valence-electron chi connectivity index (χ4n) is 2.76. The summed E-state index contributed by atoms with van der Waals surface area (Å²) in [6.07, 6.45) is 4.07. The molecule has 1 atom stereocenters. The molecule has 24 heavy (non-hydrogen) atoms. The second-order valence-corrected chi connectivity index (χ2v) is 10.2. The third kappa shape index (κ3) is 3.21. The number of rotatable bonds is 7. The van der Waals surface area contributed by atoms with E-state index in [2.05, 4.69) is 18.3 Å². The van der Waals surface area contributed by atoms with Crippen LogP contribution in [0, 0.1) is 6.92 Å². The van der Waals surface area contributed by atoms with Crippen LogP contribution in [-0.2, 0) is 17.8 Å². The van der Waals surface area contributed by atoms with Crippen LogP contribution in [0.15, 0.2) is 28.9 Å². The molecule has 0 unspecified atom stereocenters. The standard InChI is InChI=1S/C18H18IN2O2S/c1-11-16(5-2-6-22)24-18-15(20-10-12-4-3-7-23-12)8-14(13-9-19-13)21-17(11)18/h3-4,6-8,13H,2,5,9-10H2,1H3,(H,20,21)/q-1/t13-/m0/s1. The van der Waals surface area contributed by atoms with Crippen molar-refractivity contribution in [2.75, 3.05) is 9.74 Å². The number of nitrogens with one attached hydrogen (secondary N) is 1. The van der Waals surface area contributed by atoms with Crippen molar-refractivity contribution in [3.8, 4) is 0 Å². The number of fused-ring (bicyclic) bond motifs is 1. The number of thiophene rings is 1. The molecule has 3 aromatic rings. The third-order valence-electron chi connectivity index (χ3n) is 4.14. The molecule has 126 valence electrons. The summed E-state index contributed by atoms with van der Waals surface area (Å²) in [6, 6.07) is 6.11. The van der Waals surface area contributed by atoms with E-state index in [1.807, 2.05) is 12.1 Å². The van der Waals surface area contributed by atoms with Gasteiger partial charge < -0.3 is 0 Å². The Morgan fingerprint density at radius 1 is 1.54 bits per heavy atom. The Bertz CT molecular complexity index is 869. The quantitative estimate of drug-likeness (QED) is 0.331. The van der Waals surface area contributed by atoms with E-state index < -0.39 is 0 Å². The number of aromatic nitrogens is 1. The zero-order chi connectivity index (χ0) is 16.5. The van der Waals surface area contributed by atoms with Crippen molar-refractivity contribution in [3.05, 3.63) is 46.4 Å². The Morgan fingerprint density at radius 2 is 2.42 bits per heavy atom. The fourth-order valence-corrected chi connectivity index (χ4v) is 5.49. The first kappa shape index (κ1) is 16.1. The van der Waals surface area contributed by atoms with Crippen LogP contribution in [-0.4, -0.2) is 15.7 Å². The van der Waals surface area contributed by atoms with Gasteiger partial charge in [-0.1, -0.05) is 0 Å². The van der Waals surface area contributed by atoms with Gasteiger partial charge in [0.15, 0.2) is 0 Å². The Hall–Kier alpha value is -1.41. The molecule has 0 spiro atoms. The molecule has 1 aliphatic heterocycles. The summed E-state index contributed by atoms with van der Waals surface area (Å²) in [4.78, 5) is 17.0. The number of nitrogens with zero attached hydrogens (tertiary/aromatic N) is 1. The Labute approximate surface area is 154 Å². The summed E-state index contributed by atoms with van der Waals surface area (Å²) in [5.41, 5.74) is 4.72. The van der Waals surface area contributed by atoms with Gasteiger partial charge in [0.1, 0.15) is 0 Å². The Balaban J connectivity index is 1.72. The molecular formula is C18H18IN2O2S-. The van der Waals surface area contributed by atoms with Crippen LogP contribution >= 0.6 is 11.3 Å². The van der Waals surface area contributed by atoms with Crippen LogP contribution in [0.5, 0.6) is 0 Å². The predicted molar refractivity (Wildman–Crippen MR) is 92.4 cm³/mol. The van der Waals surface area contributed by atoms with Gasteiger partial charge in [-0.15, -0.1) is 0 Å². The number of alkyl halides is 2. The maximum atomic E-state index is 10.7. The van der Waals surface area contributed by atoms with Gasteiger partial charge in [0, 0.05) is 0 Å². The van der Waals surface area contributed by atoms with Crippen LogP contribution in [0.3, 0.4) is 0 Å². The molecule has 4 rings (SSSR count). The molecule has 1 N–H and O–H groups in total. The molecule has 0 radical (unpaired) electrons. The molecule has 0 aromatic carbocycles. The number of pyridine rings is 1. The van der Waals surface area contributed by atoms with Crippen molar-refractivity contribution < 1.29 is 30.4 Å². The van der Waals surface area contributed by atoms with Crippen LogP contribution in [0.2, 0.25) is 0 Å². The predicted octanol–water partition coefficient (Wildman–Crippen LogP) is 1.09. The molecule has 1 saturated heterocycles. The van der Waals surface area contributed by atoms with Crippen LogP contribution < -0.4 is 26.5 Å². The van der Waals surface area contributed by atoms with Crippen LogP contribution in [0.25, 0.3) is 10.2 Å². The average molecular weight is 453 g/mol. The second-order valence-electron chi connectivity index (χ2n) is 5.84. The van der Waals surface area contributed by atoms with Crippen molar-refractivity contribution in [2.24, 2.45) is 0 Å². The molecule has 0 aliphatic carbocycles. The summed E-state index contributed by atoms with van der Waals surface area (Å²) >= 11 is 2.08. The van der Waals surface area contributed by atoms with E-state index in [1.165, 1.54) is 25.3 Å². The summed E-state index contributed by atoms with van der Waals surface area (Å²) in [5.74, 6) is 0.926. The molecule has 3 aromatic heterocycles. The number of hydrogen-bond donors (Lipinski definition) is 1. The monoisotopic (exact) mass is 453 g/mol. The molecule has 0 saturated carbocycles. The first-order valence-corrected chi connectivity index (χ1v) is 11.6. The Kier molecular flexibility index (Phi) is 4.58. The molecule has 0 amide bonds. The topological polar surface area (TPSA) is 55.1 Å². The van der Waals surface area contributed by atoms with Crippen molar-refractivity contribution in [1.82, 2.24) is 4.98 Å². The van der Waals surface area contributed by atoms with Gasteiger partial charge in [-0.05, 0) is 0 Å². The van der Waals surface area contributed by atoms with E-state index in [-0.39, 0.29) is 0 Å². The molecule has 1 fully saturated rings. The molecule has 4 heterocycles. The molecular weight excluding hydrogens is 435 g/mol. The average Bonchev–Trinajstić information content (AvgIpc) is 3.22. The Morgan fingerprint density at radius 3 is 3.12 bits per heavy atom. The molecule has 4 nitrogen and oxygen atoms in total. The van der Waals surface area contributed by atoms with E-state index in [0.717, 1.165) is 33.6 Å². The summed E-state index contributed by atoms with van der Waals surface area (Å²) in [5, 5.41) is 3.53. The summed E-state index contributed by atoms with van der Waals surface area (Å²) in [6.45, 7) is 2.81. The first-order valence-electron chi connectivity index (χ1n) is 7.96. The summed E-state index contributed by atoms with van der Waals surface area (Å²) < 4.78 is 8.69. The number of hydrogen-bond acceptors (Lipinski definition) is 5. The van der Waals surface area contributed by atoms with E-state index in [0.29, 0.717) is 34.2 Å². The van der Waals surface area contributed by atoms with E-state index in [4.69, 9.17) is 9.40 Å². The van der Waals surface area contributed by atoms with E-state index >= 15 is 0 Å². The van der Waals surface area contributed by atoms with Crippen molar-refractivity contribution in [1.29, 1.82) is 0 Å². The molecule has 6 heteroatoms. The van der Waals surface area contributed by atoms with Gasteiger partial charge in [-0.25, -0.2) is 0 Å². The van der Waals surface area contributed by atoms with Crippen molar-refractivity contribution in [2.45, 2.75) is 30.2 Å². The van der Waals surface area contributed by atoms with E-state index in [9.17, 15) is 4.79 Å². The number of halogens is 1. The maximum absolute atomic E-state index is 10.7. The molecule has 1 aliphatic rings. The van der Waals surface area contributed by atoms with Crippen LogP contribution in [0.1, 0.15) is 32.2 Å². The number of anilines is 1. The van der Waals surface area contributed by atoms with Gasteiger partial charge in [0.05, 0.1) is 0 Å². The van der Waals surface area contributed by atoms with Gasteiger partial charge in [0.25, 0.3) is 0 Å². The number of carbonyl (C=O) groups is 1. The number of furan rings is 1. The second kappa shape index (κ2) is 6.84. The SMILES string of the molecule is Cc1c(CCC=O)sc2c(NCc3ccco3)cc([C@@H]3C[I-]3)nc12. The third-order valence-corrected chi connectivity index (χ3v) is 7.92. The zero-order valence-corrected chi connectivity index (χ0v) is 16.3. The number of carbonyl (C=O) groups excluding carboxylic acids is 1. The van der Waals surface area contributed by atoms with Gasteiger partial charge in [-0.2, -0.15) is 0 Å². The molecule has 0 bridgehead atoms. The normalized spacial score (nSPS) is 16.8. The first-order chi connectivity index (χ1) is 11.8. The number of aldehydes is 1. The van der Waals surface area contributed by atoms with Crippen LogP contribution in [0.4, 0.5) is 5.69 Å². The van der Waals surface area contributed by atoms with E-state index in [1.54, 1.807) is 17.6 Å².